The van der Waals surface area contributed by atoms with E-state index < -0.39 is 0 Å². The molecular formula is C23H39N5O2. The first-order valence-electron chi connectivity index (χ1n) is 11.3. The Kier molecular flexibility index (Phi) is 9.08. The van der Waals surface area contributed by atoms with E-state index in [2.05, 4.69) is 37.6 Å². The van der Waals surface area contributed by atoms with E-state index in [4.69, 9.17) is 9.47 Å². The van der Waals surface area contributed by atoms with Crippen LogP contribution in [0.3, 0.4) is 0 Å². The number of benzene rings is 1. The standard InChI is InChI=1S/C23H39N5O2/c1-24-23(25-9-13-27-10-6-4-5-7-11-27)26-20-8-12-28(18-20)17-19-14-21(29-2)16-22(15-19)30-3/h14-16,20H,4-13,17-18H2,1-3H3,(H2,24,25,26). The number of hydrogen-bond acceptors (Lipinski definition) is 5. The summed E-state index contributed by atoms with van der Waals surface area (Å²) in [6.45, 7) is 7.48. The van der Waals surface area contributed by atoms with E-state index >= 15 is 0 Å². The summed E-state index contributed by atoms with van der Waals surface area (Å²) in [5, 5.41) is 7.11. The van der Waals surface area contributed by atoms with Crippen LogP contribution in [-0.2, 0) is 6.54 Å². The molecule has 1 aromatic carbocycles. The van der Waals surface area contributed by atoms with E-state index in [9.17, 15) is 0 Å². The van der Waals surface area contributed by atoms with Crippen molar-refractivity contribution in [2.45, 2.75) is 44.7 Å². The number of hydrogen-bond donors (Lipinski definition) is 2. The van der Waals surface area contributed by atoms with Gasteiger partial charge < -0.3 is 25.0 Å². The molecule has 2 saturated heterocycles. The van der Waals surface area contributed by atoms with Crippen LogP contribution >= 0.6 is 0 Å². The van der Waals surface area contributed by atoms with E-state index in [1.54, 1.807) is 14.2 Å². The van der Waals surface area contributed by atoms with Crippen LogP contribution in [0.15, 0.2) is 23.2 Å². The van der Waals surface area contributed by atoms with Gasteiger partial charge in [0.2, 0.25) is 0 Å². The molecule has 1 atom stereocenters. The largest absolute Gasteiger partial charge is 0.497 e. The van der Waals surface area contributed by atoms with Crippen LogP contribution < -0.4 is 20.1 Å². The summed E-state index contributed by atoms with van der Waals surface area (Å²) in [6.07, 6.45) is 6.56. The first kappa shape index (κ1) is 22.7. The maximum Gasteiger partial charge on any atom is 0.191 e. The lowest BCUT2D eigenvalue weighted by Crippen LogP contribution is -2.46. The number of methoxy groups -OCH3 is 2. The van der Waals surface area contributed by atoms with Crippen molar-refractivity contribution in [2.75, 3.05) is 60.5 Å². The van der Waals surface area contributed by atoms with Gasteiger partial charge in [-0.3, -0.25) is 9.89 Å². The summed E-state index contributed by atoms with van der Waals surface area (Å²) in [6, 6.07) is 6.51. The van der Waals surface area contributed by atoms with Crippen LogP contribution in [0.2, 0.25) is 0 Å². The lowest BCUT2D eigenvalue weighted by molar-refractivity contribution is 0.289. The third-order valence-corrected chi connectivity index (χ3v) is 6.07. The van der Waals surface area contributed by atoms with Gasteiger partial charge in [-0.15, -0.1) is 0 Å². The van der Waals surface area contributed by atoms with Crippen molar-refractivity contribution >= 4 is 5.96 Å². The highest BCUT2D eigenvalue weighted by Gasteiger charge is 2.23. The first-order valence-corrected chi connectivity index (χ1v) is 11.3. The SMILES string of the molecule is CN=C(NCCN1CCCCCC1)NC1CCN(Cc2cc(OC)cc(OC)c2)C1. The van der Waals surface area contributed by atoms with Crippen LogP contribution in [-0.4, -0.2) is 82.3 Å². The Morgan fingerprint density at radius 3 is 2.33 bits per heavy atom. The fourth-order valence-corrected chi connectivity index (χ4v) is 4.39. The summed E-state index contributed by atoms with van der Waals surface area (Å²) >= 11 is 0. The fourth-order valence-electron chi connectivity index (χ4n) is 4.39. The number of aliphatic imine (C=N–C) groups is 1. The Morgan fingerprint density at radius 1 is 1.00 bits per heavy atom. The topological polar surface area (TPSA) is 61.4 Å². The first-order chi connectivity index (χ1) is 14.7. The van der Waals surface area contributed by atoms with Crippen LogP contribution in [0.1, 0.15) is 37.7 Å². The number of nitrogens with zero attached hydrogens (tertiary/aromatic N) is 3. The highest BCUT2D eigenvalue weighted by Crippen LogP contribution is 2.24. The molecule has 0 saturated carbocycles. The summed E-state index contributed by atoms with van der Waals surface area (Å²) < 4.78 is 10.8. The van der Waals surface area contributed by atoms with Gasteiger partial charge in [-0.2, -0.15) is 0 Å². The van der Waals surface area contributed by atoms with Crippen LogP contribution in [0.4, 0.5) is 0 Å². The van der Waals surface area contributed by atoms with Gasteiger partial charge in [-0.25, -0.2) is 0 Å². The Hall–Kier alpha value is -1.99. The lowest BCUT2D eigenvalue weighted by Gasteiger charge is -2.22. The Bertz CT molecular complexity index is 651. The predicted molar refractivity (Wildman–Crippen MR) is 123 cm³/mol. The second-order valence-corrected chi connectivity index (χ2v) is 8.34. The van der Waals surface area contributed by atoms with Crippen molar-refractivity contribution < 1.29 is 9.47 Å². The van der Waals surface area contributed by atoms with E-state index in [0.29, 0.717) is 6.04 Å². The molecule has 0 bridgehead atoms. The fraction of sp³-hybridized carbons (Fsp3) is 0.696. The Balaban J connectivity index is 1.42. The van der Waals surface area contributed by atoms with Gasteiger partial charge in [0.15, 0.2) is 5.96 Å². The zero-order valence-corrected chi connectivity index (χ0v) is 19.0. The minimum absolute atomic E-state index is 0.418. The molecule has 0 radical (unpaired) electrons. The van der Waals surface area contributed by atoms with Crippen LogP contribution in [0.5, 0.6) is 11.5 Å². The van der Waals surface area contributed by atoms with Crippen molar-refractivity contribution in [1.29, 1.82) is 0 Å². The molecule has 0 spiro atoms. The van der Waals surface area contributed by atoms with Gasteiger partial charge in [0.1, 0.15) is 11.5 Å². The lowest BCUT2D eigenvalue weighted by atomic mass is 10.2. The predicted octanol–water partition coefficient (Wildman–Crippen LogP) is 2.32. The van der Waals surface area contributed by atoms with E-state index in [1.807, 2.05) is 13.1 Å². The second kappa shape index (κ2) is 12.0. The van der Waals surface area contributed by atoms with E-state index in [-0.39, 0.29) is 0 Å². The molecule has 2 heterocycles. The van der Waals surface area contributed by atoms with Gasteiger partial charge in [-0.05, 0) is 50.0 Å². The number of guanidine groups is 1. The smallest absolute Gasteiger partial charge is 0.191 e. The van der Waals surface area contributed by atoms with Gasteiger partial charge in [0, 0.05) is 51.9 Å². The van der Waals surface area contributed by atoms with Crippen LogP contribution in [0.25, 0.3) is 0 Å². The molecule has 2 aliphatic rings. The summed E-state index contributed by atoms with van der Waals surface area (Å²) in [4.78, 5) is 9.48. The second-order valence-electron chi connectivity index (χ2n) is 8.34. The highest BCUT2D eigenvalue weighted by molar-refractivity contribution is 5.80. The molecule has 7 heteroatoms. The molecule has 0 aromatic heterocycles. The average molecular weight is 418 g/mol. The molecule has 2 aliphatic heterocycles. The number of likely N-dealkylation sites (tertiary alicyclic amines) is 2. The molecule has 7 nitrogen and oxygen atoms in total. The van der Waals surface area contributed by atoms with Crippen molar-refractivity contribution in [1.82, 2.24) is 20.4 Å². The van der Waals surface area contributed by atoms with Gasteiger partial charge in [0.25, 0.3) is 0 Å². The minimum Gasteiger partial charge on any atom is -0.497 e. The molecule has 1 aromatic rings. The maximum absolute atomic E-state index is 5.40. The zero-order valence-electron chi connectivity index (χ0n) is 19.0. The molecule has 2 fully saturated rings. The molecule has 0 amide bonds. The van der Waals surface area contributed by atoms with Gasteiger partial charge >= 0.3 is 0 Å². The molecule has 0 aliphatic carbocycles. The molecule has 168 valence electrons. The monoisotopic (exact) mass is 417 g/mol. The third kappa shape index (κ3) is 7.06. The Labute approximate surface area is 181 Å². The Morgan fingerprint density at radius 2 is 1.70 bits per heavy atom. The third-order valence-electron chi connectivity index (χ3n) is 6.07. The van der Waals surface area contributed by atoms with E-state index in [0.717, 1.165) is 56.6 Å². The summed E-state index contributed by atoms with van der Waals surface area (Å²) in [5.41, 5.74) is 1.21. The van der Waals surface area contributed by atoms with Crippen LogP contribution in [0, 0.1) is 0 Å². The summed E-state index contributed by atoms with van der Waals surface area (Å²) in [5.74, 6) is 2.60. The van der Waals surface area contributed by atoms with Gasteiger partial charge in [0.05, 0.1) is 14.2 Å². The molecule has 1 unspecified atom stereocenters. The van der Waals surface area contributed by atoms with Crippen molar-refractivity contribution in [3.05, 3.63) is 23.8 Å². The average Bonchev–Trinajstić information content (AvgIpc) is 3.03. The molecule has 3 rings (SSSR count). The van der Waals surface area contributed by atoms with Crippen molar-refractivity contribution in [3.63, 3.8) is 0 Å². The molecule has 30 heavy (non-hydrogen) atoms. The van der Waals surface area contributed by atoms with Crippen molar-refractivity contribution in [3.8, 4) is 11.5 Å². The number of nitrogens with one attached hydrogen (secondary N) is 2. The number of rotatable bonds is 8. The molecule has 2 N–H and O–H groups in total. The van der Waals surface area contributed by atoms with E-state index in [1.165, 1.54) is 44.3 Å². The number of ether oxygens (including phenoxy) is 2. The highest BCUT2D eigenvalue weighted by atomic mass is 16.5. The van der Waals surface area contributed by atoms with Crippen molar-refractivity contribution in [2.24, 2.45) is 4.99 Å². The minimum atomic E-state index is 0.418. The molecular weight excluding hydrogens is 378 g/mol. The summed E-state index contributed by atoms with van der Waals surface area (Å²) in [7, 11) is 5.25. The normalized spacial score (nSPS) is 21.3. The van der Waals surface area contributed by atoms with Gasteiger partial charge in [-0.1, -0.05) is 12.8 Å². The zero-order chi connectivity index (χ0) is 21.2. The maximum atomic E-state index is 5.40. The quantitative estimate of drug-likeness (QED) is 0.500.